The van der Waals surface area contributed by atoms with Crippen LogP contribution in [0.15, 0.2) is 36.7 Å². The van der Waals surface area contributed by atoms with Gasteiger partial charge >= 0.3 is 5.97 Å². The number of benzene rings is 1. The molecule has 0 bridgehead atoms. The van der Waals surface area contributed by atoms with Gasteiger partial charge in [-0.25, -0.2) is 4.98 Å². The molecule has 19 heavy (non-hydrogen) atoms. The molecule has 2 rings (SSSR count). The van der Waals surface area contributed by atoms with Gasteiger partial charge < -0.3 is 14.4 Å². The van der Waals surface area contributed by atoms with Crippen molar-refractivity contribution in [1.82, 2.24) is 9.55 Å². The lowest BCUT2D eigenvalue weighted by Gasteiger charge is -2.07. The Kier molecular flexibility index (Phi) is 4.18. The monoisotopic (exact) mass is 260 g/mol. The second kappa shape index (κ2) is 6.04. The zero-order valence-electron chi connectivity index (χ0n) is 10.7. The maximum Gasteiger partial charge on any atom is 0.307 e. The van der Waals surface area contributed by atoms with E-state index in [4.69, 9.17) is 9.84 Å². The van der Waals surface area contributed by atoms with Crippen molar-refractivity contribution in [2.45, 2.75) is 12.8 Å². The first-order valence-electron chi connectivity index (χ1n) is 6.05. The summed E-state index contributed by atoms with van der Waals surface area (Å²) in [5, 5.41) is 8.74. The fourth-order valence-electron chi connectivity index (χ4n) is 1.82. The summed E-state index contributed by atoms with van der Waals surface area (Å²) in [4.78, 5) is 14.8. The number of hydrogen-bond donors (Lipinski definition) is 1. The molecule has 5 heteroatoms. The van der Waals surface area contributed by atoms with Gasteiger partial charge in [-0.2, -0.15) is 0 Å². The molecular weight excluding hydrogens is 244 g/mol. The van der Waals surface area contributed by atoms with E-state index in [9.17, 15) is 4.79 Å². The molecule has 1 N–H and O–H groups in total. The standard InChI is InChI=1S/C14H16N2O3/c1-16-7-6-15-13(16)5-8-19-12-4-2-3-11(9-12)10-14(17)18/h2-4,6-7,9H,5,8,10H2,1H3,(H,17,18). The van der Waals surface area contributed by atoms with Crippen molar-refractivity contribution >= 4 is 5.97 Å². The van der Waals surface area contributed by atoms with Crippen molar-refractivity contribution in [3.8, 4) is 5.75 Å². The van der Waals surface area contributed by atoms with Gasteiger partial charge in [-0.15, -0.1) is 0 Å². The number of aliphatic carboxylic acids is 1. The lowest BCUT2D eigenvalue weighted by atomic mass is 10.1. The van der Waals surface area contributed by atoms with E-state index >= 15 is 0 Å². The number of ether oxygens (including phenoxy) is 1. The molecule has 0 radical (unpaired) electrons. The SMILES string of the molecule is Cn1ccnc1CCOc1cccc(CC(=O)O)c1. The minimum Gasteiger partial charge on any atom is -0.493 e. The Hall–Kier alpha value is -2.30. The van der Waals surface area contributed by atoms with E-state index in [0.29, 0.717) is 18.8 Å². The first kappa shape index (κ1) is 13.1. The van der Waals surface area contributed by atoms with Crippen LogP contribution >= 0.6 is 0 Å². The summed E-state index contributed by atoms with van der Waals surface area (Å²) in [6, 6.07) is 7.16. The average molecular weight is 260 g/mol. The third kappa shape index (κ3) is 3.84. The molecule has 100 valence electrons. The Bertz CT molecular complexity index is 563. The van der Waals surface area contributed by atoms with E-state index in [-0.39, 0.29) is 6.42 Å². The van der Waals surface area contributed by atoms with Gasteiger partial charge in [0.05, 0.1) is 13.0 Å². The van der Waals surface area contributed by atoms with E-state index in [1.165, 1.54) is 0 Å². The van der Waals surface area contributed by atoms with E-state index in [0.717, 1.165) is 11.4 Å². The third-order valence-corrected chi connectivity index (χ3v) is 2.77. The maximum absolute atomic E-state index is 10.6. The van der Waals surface area contributed by atoms with Gasteiger partial charge in [-0.05, 0) is 17.7 Å². The molecule has 0 atom stereocenters. The second-order valence-electron chi connectivity index (χ2n) is 4.27. The van der Waals surface area contributed by atoms with Gasteiger partial charge in [-0.3, -0.25) is 4.79 Å². The van der Waals surface area contributed by atoms with Crippen LogP contribution in [0, 0.1) is 0 Å². The molecule has 0 saturated heterocycles. The highest BCUT2D eigenvalue weighted by molar-refractivity contribution is 5.70. The summed E-state index contributed by atoms with van der Waals surface area (Å²) in [6.45, 7) is 0.515. The molecule has 1 aromatic carbocycles. The summed E-state index contributed by atoms with van der Waals surface area (Å²) in [5.41, 5.74) is 0.738. The molecule has 0 amide bonds. The topological polar surface area (TPSA) is 64.4 Å². The lowest BCUT2D eigenvalue weighted by molar-refractivity contribution is -0.136. The Morgan fingerprint density at radius 3 is 3.00 bits per heavy atom. The molecule has 2 aromatic rings. The largest absolute Gasteiger partial charge is 0.493 e. The lowest BCUT2D eigenvalue weighted by Crippen LogP contribution is -2.06. The smallest absolute Gasteiger partial charge is 0.307 e. The maximum atomic E-state index is 10.6. The van der Waals surface area contributed by atoms with Gasteiger partial charge in [0.2, 0.25) is 0 Å². The number of aryl methyl sites for hydroxylation is 1. The number of carbonyl (C=O) groups is 1. The molecule has 0 fully saturated rings. The first-order chi connectivity index (χ1) is 9.15. The van der Waals surface area contributed by atoms with E-state index in [2.05, 4.69) is 4.98 Å². The predicted octanol–water partition coefficient (Wildman–Crippen LogP) is 1.67. The summed E-state index contributed by atoms with van der Waals surface area (Å²) in [5.74, 6) is 0.805. The number of nitrogens with zero attached hydrogens (tertiary/aromatic N) is 2. The quantitative estimate of drug-likeness (QED) is 0.858. The summed E-state index contributed by atoms with van der Waals surface area (Å²) < 4.78 is 7.56. The summed E-state index contributed by atoms with van der Waals surface area (Å²) in [7, 11) is 1.94. The van der Waals surface area contributed by atoms with E-state index in [1.54, 1.807) is 24.4 Å². The highest BCUT2D eigenvalue weighted by atomic mass is 16.5. The average Bonchev–Trinajstić information content (AvgIpc) is 2.75. The minimum absolute atomic E-state index is 0.0105. The van der Waals surface area contributed by atoms with Crippen molar-refractivity contribution in [1.29, 1.82) is 0 Å². The van der Waals surface area contributed by atoms with Crippen LogP contribution in [0.2, 0.25) is 0 Å². The van der Waals surface area contributed by atoms with Crippen LogP contribution in [0.5, 0.6) is 5.75 Å². The number of hydrogen-bond acceptors (Lipinski definition) is 3. The van der Waals surface area contributed by atoms with Crippen molar-refractivity contribution in [2.24, 2.45) is 7.05 Å². The number of carboxylic acid groups (broad SMARTS) is 1. The van der Waals surface area contributed by atoms with Crippen molar-refractivity contribution in [3.63, 3.8) is 0 Å². The van der Waals surface area contributed by atoms with E-state index < -0.39 is 5.97 Å². The number of imidazole rings is 1. The molecule has 0 aliphatic carbocycles. The number of rotatable bonds is 6. The van der Waals surface area contributed by atoms with Crippen LogP contribution in [0.1, 0.15) is 11.4 Å². The predicted molar refractivity (Wildman–Crippen MR) is 70.2 cm³/mol. The highest BCUT2D eigenvalue weighted by Crippen LogP contribution is 2.14. The molecular formula is C14H16N2O3. The zero-order valence-corrected chi connectivity index (χ0v) is 10.7. The molecule has 0 saturated carbocycles. The number of carboxylic acids is 1. The second-order valence-corrected chi connectivity index (χ2v) is 4.27. The van der Waals surface area contributed by atoms with Crippen molar-refractivity contribution < 1.29 is 14.6 Å². The minimum atomic E-state index is -0.842. The Balaban J connectivity index is 1.89. The Morgan fingerprint density at radius 1 is 1.47 bits per heavy atom. The molecule has 5 nitrogen and oxygen atoms in total. The van der Waals surface area contributed by atoms with Crippen molar-refractivity contribution in [3.05, 3.63) is 48.0 Å². The Labute approximate surface area is 111 Å². The molecule has 0 unspecified atom stereocenters. The molecule has 0 aliphatic heterocycles. The van der Waals surface area contributed by atoms with Gasteiger partial charge in [-0.1, -0.05) is 12.1 Å². The number of aromatic nitrogens is 2. The molecule has 0 aliphatic rings. The first-order valence-corrected chi connectivity index (χ1v) is 6.05. The van der Waals surface area contributed by atoms with Crippen LogP contribution in [-0.2, 0) is 24.7 Å². The fourth-order valence-corrected chi connectivity index (χ4v) is 1.82. The van der Waals surface area contributed by atoms with Gasteiger partial charge in [0.1, 0.15) is 11.6 Å². The van der Waals surface area contributed by atoms with Crippen LogP contribution in [0.25, 0.3) is 0 Å². The highest BCUT2D eigenvalue weighted by Gasteiger charge is 2.03. The molecule has 1 heterocycles. The van der Waals surface area contributed by atoms with Crippen LogP contribution in [0.3, 0.4) is 0 Å². The van der Waals surface area contributed by atoms with Crippen molar-refractivity contribution in [2.75, 3.05) is 6.61 Å². The Morgan fingerprint density at radius 2 is 2.32 bits per heavy atom. The van der Waals surface area contributed by atoms with E-state index in [1.807, 2.05) is 23.9 Å². The van der Waals surface area contributed by atoms with Gasteiger partial charge in [0.15, 0.2) is 0 Å². The molecule has 0 spiro atoms. The van der Waals surface area contributed by atoms with Gasteiger partial charge in [0, 0.05) is 25.9 Å². The third-order valence-electron chi connectivity index (χ3n) is 2.77. The van der Waals surface area contributed by atoms with Crippen LogP contribution < -0.4 is 4.74 Å². The van der Waals surface area contributed by atoms with Crippen LogP contribution in [0.4, 0.5) is 0 Å². The summed E-state index contributed by atoms with van der Waals surface area (Å²) >= 11 is 0. The molecule has 1 aromatic heterocycles. The zero-order chi connectivity index (χ0) is 13.7. The fraction of sp³-hybridized carbons (Fsp3) is 0.286. The normalized spacial score (nSPS) is 10.4. The van der Waals surface area contributed by atoms with Crippen LogP contribution in [-0.4, -0.2) is 27.2 Å². The summed E-state index contributed by atoms with van der Waals surface area (Å²) in [6.07, 6.45) is 4.37. The van der Waals surface area contributed by atoms with Gasteiger partial charge in [0.25, 0.3) is 0 Å².